The number of esters is 1. The number of carbonyl (C=O) groups is 1. The predicted molar refractivity (Wildman–Crippen MR) is 72.2 cm³/mol. The highest BCUT2D eigenvalue weighted by Crippen LogP contribution is 2.03. The zero-order valence-electron chi connectivity index (χ0n) is 10.7. The van der Waals surface area contributed by atoms with Crippen molar-refractivity contribution in [2.45, 2.75) is 13.5 Å². The van der Waals surface area contributed by atoms with Crippen molar-refractivity contribution in [2.75, 3.05) is 6.61 Å². The van der Waals surface area contributed by atoms with Crippen LogP contribution in [-0.2, 0) is 11.3 Å². The quantitative estimate of drug-likeness (QED) is 0.788. The molecular formula is C15H15NO3. The van der Waals surface area contributed by atoms with Crippen molar-refractivity contribution in [1.29, 1.82) is 0 Å². The Bertz CT molecular complexity index is 617. The number of hydrogen-bond acceptors (Lipinski definition) is 3. The Morgan fingerprint density at radius 3 is 2.58 bits per heavy atom. The number of rotatable bonds is 4. The summed E-state index contributed by atoms with van der Waals surface area (Å²) in [6, 6.07) is 12.5. The molecule has 0 unspecified atom stereocenters. The van der Waals surface area contributed by atoms with E-state index in [-0.39, 0.29) is 5.56 Å². The Kier molecular flexibility index (Phi) is 4.13. The molecule has 1 aromatic carbocycles. The molecule has 0 amide bonds. The minimum absolute atomic E-state index is 0.142. The molecule has 0 fully saturated rings. The summed E-state index contributed by atoms with van der Waals surface area (Å²) in [7, 11) is 0. The van der Waals surface area contributed by atoms with Crippen molar-refractivity contribution in [3.63, 3.8) is 0 Å². The first-order valence-corrected chi connectivity index (χ1v) is 6.12. The molecule has 1 heterocycles. The fourth-order valence-corrected chi connectivity index (χ4v) is 1.77. The molecule has 0 spiro atoms. The molecule has 1 aromatic heterocycles. The van der Waals surface area contributed by atoms with Gasteiger partial charge in [-0.3, -0.25) is 4.79 Å². The van der Waals surface area contributed by atoms with E-state index in [2.05, 4.69) is 0 Å². The maximum atomic E-state index is 11.8. The summed E-state index contributed by atoms with van der Waals surface area (Å²) in [5, 5.41) is 0. The fourth-order valence-electron chi connectivity index (χ4n) is 1.77. The Balaban J connectivity index is 2.27. The summed E-state index contributed by atoms with van der Waals surface area (Å²) in [5.74, 6) is -0.413. The van der Waals surface area contributed by atoms with Crippen LogP contribution in [0.1, 0.15) is 22.8 Å². The SMILES string of the molecule is CCOC(=O)c1ccc(=O)n(Cc2ccccc2)c1. The van der Waals surface area contributed by atoms with Gasteiger partial charge in [0, 0.05) is 12.3 Å². The van der Waals surface area contributed by atoms with Crippen LogP contribution < -0.4 is 5.56 Å². The molecule has 0 bridgehead atoms. The standard InChI is InChI=1S/C15H15NO3/c1-2-19-15(18)13-8-9-14(17)16(11-13)10-12-6-4-3-5-7-12/h3-9,11H,2,10H2,1H3. The van der Waals surface area contributed by atoms with E-state index in [1.54, 1.807) is 6.92 Å². The van der Waals surface area contributed by atoms with Crippen LogP contribution in [0, 0.1) is 0 Å². The van der Waals surface area contributed by atoms with E-state index >= 15 is 0 Å². The molecule has 0 radical (unpaired) electrons. The first-order valence-electron chi connectivity index (χ1n) is 6.12. The first-order chi connectivity index (χ1) is 9.20. The van der Waals surface area contributed by atoms with E-state index in [0.717, 1.165) is 5.56 Å². The second-order valence-corrected chi connectivity index (χ2v) is 4.09. The van der Waals surface area contributed by atoms with Crippen LogP contribution in [0.4, 0.5) is 0 Å². The minimum Gasteiger partial charge on any atom is -0.462 e. The third kappa shape index (κ3) is 3.31. The Hall–Kier alpha value is -2.36. The molecule has 0 saturated heterocycles. The van der Waals surface area contributed by atoms with Crippen molar-refractivity contribution in [1.82, 2.24) is 4.57 Å². The van der Waals surface area contributed by atoms with Gasteiger partial charge in [0.05, 0.1) is 18.7 Å². The maximum absolute atomic E-state index is 11.8. The lowest BCUT2D eigenvalue weighted by Gasteiger charge is -2.08. The highest BCUT2D eigenvalue weighted by molar-refractivity contribution is 5.88. The third-order valence-corrected chi connectivity index (χ3v) is 2.69. The van der Waals surface area contributed by atoms with Gasteiger partial charge in [0.2, 0.25) is 0 Å². The Morgan fingerprint density at radius 2 is 1.89 bits per heavy atom. The summed E-state index contributed by atoms with van der Waals surface area (Å²) in [6.07, 6.45) is 1.54. The van der Waals surface area contributed by atoms with Crippen molar-refractivity contribution in [3.05, 3.63) is 70.1 Å². The van der Waals surface area contributed by atoms with Crippen LogP contribution in [-0.4, -0.2) is 17.1 Å². The normalized spacial score (nSPS) is 10.2. The number of hydrogen-bond donors (Lipinski definition) is 0. The molecular weight excluding hydrogens is 242 g/mol. The van der Waals surface area contributed by atoms with Crippen molar-refractivity contribution in [2.24, 2.45) is 0 Å². The van der Waals surface area contributed by atoms with Gasteiger partial charge in [-0.2, -0.15) is 0 Å². The Labute approximate surface area is 111 Å². The average molecular weight is 257 g/mol. The maximum Gasteiger partial charge on any atom is 0.339 e. The van der Waals surface area contributed by atoms with Crippen molar-refractivity contribution in [3.8, 4) is 0 Å². The van der Waals surface area contributed by atoms with Crippen molar-refractivity contribution >= 4 is 5.97 Å². The molecule has 0 aliphatic heterocycles. The van der Waals surface area contributed by atoms with E-state index in [4.69, 9.17) is 4.74 Å². The number of ether oxygens (including phenoxy) is 1. The lowest BCUT2D eigenvalue weighted by molar-refractivity contribution is 0.0525. The third-order valence-electron chi connectivity index (χ3n) is 2.69. The first kappa shape index (κ1) is 13.1. The van der Waals surface area contributed by atoms with Gasteiger partial charge in [-0.05, 0) is 18.6 Å². The zero-order chi connectivity index (χ0) is 13.7. The number of carbonyl (C=O) groups excluding carboxylic acids is 1. The minimum atomic E-state index is -0.413. The van der Waals surface area contributed by atoms with E-state index in [0.29, 0.717) is 18.7 Å². The summed E-state index contributed by atoms with van der Waals surface area (Å²) in [5.41, 5.74) is 1.25. The molecule has 0 atom stereocenters. The van der Waals surface area contributed by atoms with Gasteiger partial charge in [0.25, 0.3) is 5.56 Å². The zero-order valence-corrected chi connectivity index (χ0v) is 10.7. The summed E-state index contributed by atoms with van der Waals surface area (Å²) < 4.78 is 6.42. The van der Waals surface area contributed by atoms with E-state index in [9.17, 15) is 9.59 Å². The van der Waals surface area contributed by atoms with Crippen molar-refractivity contribution < 1.29 is 9.53 Å². The number of benzene rings is 1. The van der Waals surface area contributed by atoms with Gasteiger partial charge >= 0.3 is 5.97 Å². The van der Waals surface area contributed by atoms with Crippen LogP contribution in [0.15, 0.2) is 53.5 Å². The molecule has 19 heavy (non-hydrogen) atoms. The molecule has 0 saturated carbocycles. The number of pyridine rings is 1. The smallest absolute Gasteiger partial charge is 0.339 e. The highest BCUT2D eigenvalue weighted by Gasteiger charge is 2.08. The fraction of sp³-hybridized carbons (Fsp3) is 0.200. The molecule has 4 nitrogen and oxygen atoms in total. The molecule has 98 valence electrons. The lowest BCUT2D eigenvalue weighted by Crippen LogP contribution is -2.21. The second kappa shape index (κ2) is 6.00. The van der Waals surface area contributed by atoms with E-state index < -0.39 is 5.97 Å². The number of aromatic nitrogens is 1. The van der Waals surface area contributed by atoms with E-state index in [1.807, 2.05) is 30.3 Å². The second-order valence-electron chi connectivity index (χ2n) is 4.09. The Morgan fingerprint density at radius 1 is 1.16 bits per heavy atom. The molecule has 0 N–H and O–H groups in total. The molecule has 0 aliphatic rings. The molecule has 4 heteroatoms. The molecule has 2 aromatic rings. The van der Waals surface area contributed by atoms with Crippen LogP contribution in [0.2, 0.25) is 0 Å². The van der Waals surface area contributed by atoms with Gasteiger partial charge in [-0.1, -0.05) is 30.3 Å². The van der Waals surface area contributed by atoms with Crippen LogP contribution >= 0.6 is 0 Å². The summed E-state index contributed by atoms with van der Waals surface area (Å²) >= 11 is 0. The number of nitrogens with zero attached hydrogens (tertiary/aromatic N) is 1. The average Bonchev–Trinajstić information content (AvgIpc) is 2.42. The predicted octanol–water partition coefficient (Wildman–Crippen LogP) is 2.07. The van der Waals surface area contributed by atoms with Crippen LogP contribution in [0.3, 0.4) is 0 Å². The van der Waals surface area contributed by atoms with Crippen LogP contribution in [0.5, 0.6) is 0 Å². The summed E-state index contributed by atoms with van der Waals surface area (Å²) in [4.78, 5) is 23.4. The molecule has 0 aliphatic carbocycles. The lowest BCUT2D eigenvalue weighted by atomic mass is 10.2. The topological polar surface area (TPSA) is 48.3 Å². The van der Waals surface area contributed by atoms with Crippen LogP contribution in [0.25, 0.3) is 0 Å². The highest BCUT2D eigenvalue weighted by atomic mass is 16.5. The van der Waals surface area contributed by atoms with Gasteiger partial charge in [0.1, 0.15) is 0 Å². The van der Waals surface area contributed by atoms with E-state index in [1.165, 1.54) is 22.9 Å². The van der Waals surface area contributed by atoms with Gasteiger partial charge in [0.15, 0.2) is 0 Å². The largest absolute Gasteiger partial charge is 0.462 e. The van der Waals surface area contributed by atoms with Gasteiger partial charge in [-0.15, -0.1) is 0 Å². The van der Waals surface area contributed by atoms with Gasteiger partial charge in [-0.25, -0.2) is 4.79 Å². The monoisotopic (exact) mass is 257 g/mol. The van der Waals surface area contributed by atoms with Gasteiger partial charge < -0.3 is 9.30 Å². The summed E-state index contributed by atoms with van der Waals surface area (Å²) in [6.45, 7) is 2.50. The molecule has 2 rings (SSSR count).